The number of carbonyl (C=O) groups is 1. The number of hydrogen-bond donors (Lipinski definition) is 0. The predicted molar refractivity (Wildman–Crippen MR) is 143 cm³/mol. The van der Waals surface area contributed by atoms with Crippen molar-refractivity contribution in [2.45, 2.75) is 23.5 Å². The topological polar surface area (TPSA) is 83.0 Å². The van der Waals surface area contributed by atoms with E-state index in [-0.39, 0.29) is 16.0 Å². The number of amides is 1. The lowest BCUT2D eigenvalue weighted by atomic mass is 9.96. The monoisotopic (exact) mass is 556 g/mol. The van der Waals surface area contributed by atoms with Crippen LogP contribution in [0, 0.1) is 5.92 Å². The van der Waals surface area contributed by atoms with Gasteiger partial charge in [0.15, 0.2) is 5.13 Å². The van der Waals surface area contributed by atoms with Gasteiger partial charge >= 0.3 is 0 Å². The highest BCUT2D eigenvalue weighted by Gasteiger charge is 2.35. The normalized spacial score (nSPS) is 15.7. The molecule has 1 aliphatic heterocycles. The minimum Gasteiger partial charge on any atom is -0.494 e. The molecular weight excluding hydrogens is 528 g/mol. The molecule has 0 bridgehead atoms. The van der Waals surface area contributed by atoms with Crippen molar-refractivity contribution < 1.29 is 17.9 Å². The first kappa shape index (κ1) is 26.3. The van der Waals surface area contributed by atoms with Gasteiger partial charge in [-0.1, -0.05) is 29.0 Å². The number of sulfonamides is 1. The number of methoxy groups -OCH3 is 1. The Kier molecular flexibility index (Phi) is 8.34. The zero-order valence-electron chi connectivity index (χ0n) is 19.9. The van der Waals surface area contributed by atoms with Crippen LogP contribution in [0.15, 0.2) is 34.5 Å². The van der Waals surface area contributed by atoms with Crippen molar-refractivity contribution in [3.63, 3.8) is 0 Å². The summed E-state index contributed by atoms with van der Waals surface area (Å²) < 4.78 is 34.5. The van der Waals surface area contributed by atoms with Crippen LogP contribution in [0.3, 0.4) is 0 Å². The van der Waals surface area contributed by atoms with Crippen molar-refractivity contribution in [3.05, 3.63) is 34.7 Å². The van der Waals surface area contributed by atoms with Crippen molar-refractivity contribution >= 4 is 65.6 Å². The molecule has 0 spiro atoms. The van der Waals surface area contributed by atoms with Crippen molar-refractivity contribution in [2.24, 2.45) is 5.92 Å². The fourth-order valence-electron chi connectivity index (χ4n) is 4.16. The predicted octanol–water partition coefficient (Wildman–Crippen LogP) is 4.41. The van der Waals surface area contributed by atoms with E-state index in [4.69, 9.17) is 21.3 Å². The van der Waals surface area contributed by atoms with Crippen LogP contribution in [-0.2, 0) is 14.8 Å². The zero-order chi connectivity index (χ0) is 25.2. The number of thiazole rings is 1. The molecule has 3 heterocycles. The lowest BCUT2D eigenvalue weighted by Gasteiger charge is -2.32. The molecule has 0 N–H and O–H groups in total. The van der Waals surface area contributed by atoms with Crippen LogP contribution in [0.1, 0.15) is 19.3 Å². The molecule has 190 valence electrons. The van der Waals surface area contributed by atoms with Crippen molar-refractivity contribution in [1.82, 2.24) is 14.2 Å². The number of fused-ring (bicyclic) bond motifs is 1. The summed E-state index contributed by atoms with van der Waals surface area (Å²) in [5.41, 5.74) is 0.746. The molecule has 0 unspecified atom stereocenters. The average Bonchev–Trinajstić information content (AvgIpc) is 3.48. The number of aromatic nitrogens is 1. The van der Waals surface area contributed by atoms with Crippen LogP contribution in [0.2, 0.25) is 4.34 Å². The van der Waals surface area contributed by atoms with Gasteiger partial charge in [0.1, 0.15) is 15.5 Å². The maximum atomic E-state index is 13.7. The summed E-state index contributed by atoms with van der Waals surface area (Å²) in [6.45, 7) is 1.99. The van der Waals surface area contributed by atoms with Gasteiger partial charge < -0.3 is 9.64 Å². The smallest absolute Gasteiger partial charge is 0.252 e. The minimum atomic E-state index is -3.60. The Morgan fingerprint density at radius 1 is 1.17 bits per heavy atom. The molecule has 1 amide bonds. The summed E-state index contributed by atoms with van der Waals surface area (Å²) in [5, 5.41) is 0.650. The fraction of sp³-hybridized carbons (Fsp3) is 0.478. The lowest BCUT2D eigenvalue weighted by Crippen LogP contribution is -2.45. The SMILES string of the molecule is COc1cccc2sc(N(CCCN(C)C)C(=O)C3CCN(S(=O)(=O)c4ccc(Cl)s4)CC3)nc12. The second kappa shape index (κ2) is 11.1. The number of thiophene rings is 1. The Balaban J connectivity index is 1.52. The Hall–Kier alpha value is -1.76. The molecule has 12 heteroatoms. The molecule has 0 aliphatic carbocycles. The first-order valence-electron chi connectivity index (χ1n) is 11.4. The summed E-state index contributed by atoms with van der Waals surface area (Å²) in [5.74, 6) is 0.414. The van der Waals surface area contributed by atoms with E-state index in [0.29, 0.717) is 47.7 Å². The van der Waals surface area contributed by atoms with Gasteiger partial charge in [0.05, 0.1) is 16.1 Å². The number of para-hydroxylation sites is 1. The highest BCUT2D eigenvalue weighted by Crippen LogP contribution is 2.36. The quantitative estimate of drug-likeness (QED) is 0.388. The number of halogens is 1. The Labute approximate surface area is 219 Å². The Bertz CT molecular complexity index is 1280. The highest BCUT2D eigenvalue weighted by atomic mass is 35.5. The van der Waals surface area contributed by atoms with Gasteiger partial charge in [-0.3, -0.25) is 9.69 Å². The van der Waals surface area contributed by atoms with Gasteiger partial charge in [0.25, 0.3) is 10.0 Å². The molecule has 4 rings (SSSR count). The van der Waals surface area contributed by atoms with Gasteiger partial charge in [-0.2, -0.15) is 4.31 Å². The summed E-state index contributed by atoms with van der Waals surface area (Å²) in [6, 6.07) is 8.88. The average molecular weight is 557 g/mol. The Morgan fingerprint density at radius 3 is 2.54 bits per heavy atom. The molecule has 8 nitrogen and oxygen atoms in total. The molecule has 35 heavy (non-hydrogen) atoms. The van der Waals surface area contributed by atoms with Crippen molar-refractivity contribution in [2.75, 3.05) is 52.3 Å². The maximum absolute atomic E-state index is 13.7. The van der Waals surface area contributed by atoms with Crippen LogP contribution in [-0.4, -0.2) is 75.9 Å². The number of ether oxygens (including phenoxy) is 1. The van der Waals surface area contributed by atoms with E-state index >= 15 is 0 Å². The first-order chi connectivity index (χ1) is 16.7. The number of anilines is 1. The van der Waals surface area contributed by atoms with Crippen LogP contribution in [0.4, 0.5) is 5.13 Å². The maximum Gasteiger partial charge on any atom is 0.252 e. The molecule has 1 aliphatic rings. The zero-order valence-corrected chi connectivity index (χ0v) is 23.1. The van der Waals surface area contributed by atoms with Crippen molar-refractivity contribution in [3.8, 4) is 5.75 Å². The van der Waals surface area contributed by atoms with Gasteiger partial charge in [-0.15, -0.1) is 11.3 Å². The number of piperidine rings is 1. The summed E-state index contributed by atoms with van der Waals surface area (Å²) in [6.07, 6.45) is 1.74. The van der Waals surface area contributed by atoms with Gasteiger partial charge in [-0.05, 0) is 64.2 Å². The summed E-state index contributed by atoms with van der Waals surface area (Å²) in [7, 11) is 2.02. The lowest BCUT2D eigenvalue weighted by molar-refractivity contribution is -0.123. The molecule has 1 saturated heterocycles. The number of rotatable bonds is 9. The number of carbonyl (C=O) groups excluding carboxylic acids is 1. The van der Waals surface area contributed by atoms with E-state index < -0.39 is 10.0 Å². The number of benzene rings is 1. The molecule has 1 aromatic carbocycles. The second-order valence-electron chi connectivity index (χ2n) is 8.69. The van der Waals surface area contributed by atoms with Crippen LogP contribution in [0.25, 0.3) is 10.2 Å². The standard InChI is InChI=1S/C23H29ClN4O4S3/c1-26(2)12-5-13-28(23-25-21-17(32-3)6-4-7-18(21)33-23)22(29)16-10-14-27(15-11-16)35(30,31)20-9-8-19(24)34-20/h4,6-9,16H,5,10-15H2,1-3H3. The largest absolute Gasteiger partial charge is 0.494 e. The van der Waals surface area contributed by atoms with E-state index in [2.05, 4.69) is 4.90 Å². The first-order valence-corrected chi connectivity index (χ1v) is 14.8. The van der Waals surface area contributed by atoms with E-state index in [1.807, 2.05) is 32.3 Å². The van der Waals surface area contributed by atoms with E-state index in [0.717, 1.165) is 34.5 Å². The third kappa shape index (κ3) is 5.81. The molecular formula is C23H29ClN4O4S3. The van der Waals surface area contributed by atoms with Crippen LogP contribution in [0.5, 0.6) is 5.75 Å². The molecule has 0 atom stereocenters. The third-order valence-corrected chi connectivity index (χ3v) is 10.7. The summed E-state index contributed by atoms with van der Waals surface area (Å²) in [4.78, 5) is 22.3. The molecule has 0 radical (unpaired) electrons. The van der Waals surface area contributed by atoms with Gasteiger partial charge in [0.2, 0.25) is 5.91 Å². The fourth-order valence-corrected chi connectivity index (χ4v) is 8.29. The second-order valence-corrected chi connectivity index (χ2v) is 13.6. The number of hydrogen-bond acceptors (Lipinski definition) is 8. The van der Waals surface area contributed by atoms with Crippen LogP contribution < -0.4 is 9.64 Å². The minimum absolute atomic E-state index is 0.00186. The third-order valence-electron chi connectivity index (χ3n) is 6.02. The van der Waals surface area contributed by atoms with Gasteiger partial charge in [0, 0.05) is 25.6 Å². The molecule has 2 aromatic heterocycles. The molecule has 3 aromatic rings. The number of nitrogens with zero attached hydrogens (tertiary/aromatic N) is 4. The van der Waals surface area contributed by atoms with E-state index in [9.17, 15) is 13.2 Å². The van der Waals surface area contributed by atoms with Crippen LogP contribution >= 0.6 is 34.3 Å². The van der Waals surface area contributed by atoms with E-state index in [1.54, 1.807) is 18.1 Å². The van der Waals surface area contributed by atoms with Gasteiger partial charge in [-0.25, -0.2) is 13.4 Å². The Morgan fingerprint density at radius 2 is 1.91 bits per heavy atom. The highest BCUT2D eigenvalue weighted by molar-refractivity contribution is 7.91. The molecule has 0 saturated carbocycles. The van der Waals surface area contributed by atoms with Crippen molar-refractivity contribution in [1.29, 1.82) is 0 Å². The summed E-state index contributed by atoms with van der Waals surface area (Å²) >= 11 is 8.47. The van der Waals surface area contributed by atoms with E-state index in [1.165, 1.54) is 21.7 Å². The molecule has 1 fully saturated rings.